The van der Waals surface area contributed by atoms with Gasteiger partial charge in [-0.25, -0.2) is 0 Å². The van der Waals surface area contributed by atoms with Crippen molar-refractivity contribution in [2.75, 3.05) is 6.54 Å². The monoisotopic (exact) mass is 264 g/mol. The molecular weight excluding hydrogens is 248 g/mol. The van der Waals surface area contributed by atoms with Gasteiger partial charge in [-0.1, -0.05) is 28.9 Å². The molecule has 1 heterocycles. The van der Waals surface area contributed by atoms with Crippen LogP contribution in [0.5, 0.6) is 0 Å². The minimum Gasteiger partial charge on any atom is -0.312 e. The number of nitrogens with one attached hydrogen (secondary N) is 1. The Kier molecular flexibility index (Phi) is 4.73. The molecule has 1 atom stereocenters. The molecular formula is C13H17ClN4. The summed E-state index contributed by atoms with van der Waals surface area (Å²) in [4.78, 5) is 0. The predicted octanol–water partition coefficient (Wildman–Crippen LogP) is 2.15. The van der Waals surface area contributed by atoms with Crippen LogP contribution in [0.2, 0.25) is 5.02 Å². The van der Waals surface area contributed by atoms with Gasteiger partial charge in [-0.15, -0.1) is 5.10 Å². The first-order valence-electron chi connectivity index (χ1n) is 6.06. The maximum absolute atomic E-state index is 5.86. The summed E-state index contributed by atoms with van der Waals surface area (Å²) in [5.74, 6) is 0. The largest absolute Gasteiger partial charge is 0.312 e. The molecule has 0 saturated heterocycles. The zero-order valence-electron chi connectivity index (χ0n) is 10.4. The van der Waals surface area contributed by atoms with Crippen molar-refractivity contribution in [2.24, 2.45) is 0 Å². The van der Waals surface area contributed by atoms with Gasteiger partial charge >= 0.3 is 0 Å². The van der Waals surface area contributed by atoms with Gasteiger partial charge in [0.25, 0.3) is 0 Å². The molecule has 5 heteroatoms. The maximum Gasteiger partial charge on any atom is 0.0692 e. The van der Waals surface area contributed by atoms with Crippen LogP contribution in [0.4, 0.5) is 0 Å². The highest BCUT2D eigenvalue weighted by Gasteiger charge is 2.03. The molecule has 0 amide bonds. The van der Waals surface area contributed by atoms with Crippen molar-refractivity contribution in [3.05, 3.63) is 47.2 Å². The van der Waals surface area contributed by atoms with Crippen LogP contribution in [0.25, 0.3) is 0 Å². The Labute approximate surface area is 112 Å². The van der Waals surface area contributed by atoms with Crippen molar-refractivity contribution in [3.8, 4) is 0 Å². The summed E-state index contributed by atoms with van der Waals surface area (Å²) in [5.41, 5.74) is 1.29. The van der Waals surface area contributed by atoms with Gasteiger partial charge in [0.05, 0.1) is 12.7 Å². The molecule has 0 bridgehead atoms. The third kappa shape index (κ3) is 4.13. The fraction of sp³-hybridized carbons (Fsp3) is 0.385. The Morgan fingerprint density at radius 2 is 2.11 bits per heavy atom. The quantitative estimate of drug-likeness (QED) is 0.869. The van der Waals surface area contributed by atoms with Gasteiger partial charge in [-0.05, 0) is 31.0 Å². The second-order valence-corrected chi connectivity index (χ2v) is 4.79. The molecule has 0 aliphatic rings. The van der Waals surface area contributed by atoms with Crippen LogP contribution in [-0.2, 0) is 13.0 Å². The molecule has 1 unspecified atom stereocenters. The second kappa shape index (κ2) is 6.52. The number of nitrogens with zero attached hydrogens (tertiary/aromatic N) is 3. The summed E-state index contributed by atoms with van der Waals surface area (Å²) in [6.07, 6.45) is 4.55. The highest BCUT2D eigenvalue weighted by Crippen LogP contribution is 2.10. The van der Waals surface area contributed by atoms with Gasteiger partial charge in [0.2, 0.25) is 0 Å². The molecule has 96 valence electrons. The molecule has 0 aliphatic carbocycles. The van der Waals surface area contributed by atoms with Crippen molar-refractivity contribution in [1.29, 1.82) is 0 Å². The average molecular weight is 265 g/mol. The number of aromatic nitrogens is 3. The molecule has 1 aromatic heterocycles. The van der Waals surface area contributed by atoms with E-state index in [1.54, 1.807) is 6.20 Å². The van der Waals surface area contributed by atoms with E-state index in [0.29, 0.717) is 6.04 Å². The lowest BCUT2D eigenvalue weighted by atomic mass is 10.1. The number of halogens is 1. The Morgan fingerprint density at radius 3 is 2.78 bits per heavy atom. The van der Waals surface area contributed by atoms with Gasteiger partial charge in [-0.3, -0.25) is 4.68 Å². The maximum atomic E-state index is 5.86. The van der Waals surface area contributed by atoms with Crippen molar-refractivity contribution in [2.45, 2.75) is 25.9 Å². The van der Waals surface area contributed by atoms with Crippen LogP contribution in [-0.4, -0.2) is 27.6 Å². The molecule has 0 fully saturated rings. The summed E-state index contributed by atoms with van der Waals surface area (Å²) >= 11 is 5.86. The third-order valence-electron chi connectivity index (χ3n) is 2.76. The Hall–Kier alpha value is -1.39. The van der Waals surface area contributed by atoms with E-state index in [9.17, 15) is 0 Å². The van der Waals surface area contributed by atoms with Crippen LogP contribution in [0.15, 0.2) is 36.7 Å². The van der Waals surface area contributed by atoms with Crippen LogP contribution < -0.4 is 5.32 Å². The number of rotatable bonds is 6. The van der Waals surface area contributed by atoms with Crippen LogP contribution >= 0.6 is 11.6 Å². The van der Waals surface area contributed by atoms with Crippen molar-refractivity contribution in [1.82, 2.24) is 20.3 Å². The van der Waals surface area contributed by atoms with Gasteiger partial charge in [0.15, 0.2) is 0 Å². The van der Waals surface area contributed by atoms with E-state index in [4.69, 9.17) is 11.6 Å². The first kappa shape index (κ1) is 13.1. The zero-order valence-corrected chi connectivity index (χ0v) is 11.1. The van der Waals surface area contributed by atoms with Crippen LogP contribution in [0.3, 0.4) is 0 Å². The fourth-order valence-electron chi connectivity index (χ4n) is 1.82. The number of hydrogen-bond acceptors (Lipinski definition) is 3. The fourth-order valence-corrected chi connectivity index (χ4v) is 1.95. The summed E-state index contributed by atoms with van der Waals surface area (Å²) in [6.45, 7) is 3.90. The zero-order chi connectivity index (χ0) is 12.8. The van der Waals surface area contributed by atoms with E-state index in [0.717, 1.165) is 24.5 Å². The van der Waals surface area contributed by atoms with Gasteiger partial charge < -0.3 is 5.32 Å². The Bertz CT molecular complexity index is 452. The summed E-state index contributed by atoms with van der Waals surface area (Å²) in [6, 6.07) is 8.42. The molecule has 1 aromatic carbocycles. The van der Waals surface area contributed by atoms with Crippen LogP contribution in [0, 0.1) is 0 Å². The summed E-state index contributed by atoms with van der Waals surface area (Å²) in [7, 11) is 0. The van der Waals surface area contributed by atoms with Crippen molar-refractivity contribution < 1.29 is 0 Å². The molecule has 0 saturated carbocycles. The van der Waals surface area contributed by atoms with E-state index in [1.165, 1.54) is 5.56 Å². The second-order valence-electron chi connectivity index (χ2n) is 4.35. The molecule has 4 nitrogen and oxygen atoms in total. The average Bonchev–Trinajstić information content (AvgIpc) is 2.85. The third-order valence-corrected chi connectivity index (χ3v) is 3.01. The van der Waals surface area contributed by atoms with Crippen LogP contribution in [0.1, 0.15) is 12.5 Å². The predicted molar refractivity (Wildman–Crippen MR) is 72.6 cm³/mol. The minimum absolute atomic E-state index is 0.426. The highest BCUT2D eigenvalue weighted by atomic mass is 35.5. The molecule has 0 spiro atoms. The van der Waals surface area contributed by atoms with Crippen molar-refractivity contribution >= 4 is 11.6 Å². The normalized spacial score (nSPS) is 12.6. The highest BCUT2D eigenvalue weighted by molar-refractivity contribution is 6.30. The molecule has 2 rings (SSSR count). The van der Waals surface area contributed by atoms with Gasteiger partial charge in [0.1, 0.15) is 0 Å². The lowest BCUT2D eigenvalue weighted by Crippen LogP contribution is -2.31. The SMILES string of the molecule is CC(Cc1ccc(Cl)cc1)NCCn1ccnn1. The van der Waals surface area contributed by atoms with Gasteiger partial charge in [-0.2, -0.15) is 0 Å². The Balaban J connectivity index is 1.71. The number of hydrogen-bond donors (Lipinski definition) is 1. The molecule has 2 aromatic rings. The van der Waals surface area contributed by atoms with E-state index in [2.05, 4.69) is 34.7 Å². The molecule has 1 N–H and O–H groups in total. The van der Waals surface area contributed by atoms with E-state index >= 15 is 0 Å². The summed E-state index contributed by atoms with van der Waals surface area (Å²) in [5, 5.41) is 11.9. The van der Waals surface area contributed by atoms with E-state index < -0.39 is 0 Å². The lowest BCUT2D eigenvalue weighted by Gasteiger charge is -2.13. The Morgan fingerprint density at radius 1 is 1.33 bits per heavy atom. The first-order valence-corrected chi connectivity index (χ1v) is 6.44. The van der Waals surface area contributed by atoms with E-state index in [-0.39, 0.29) is 0 Å². The van der Waals surface area contributed by atoms with E-state index in [1.807, 2.05) is 23.0 Å². The first-order chi connectivity index (χ1) is 8.74. The summed E-state index contributed by atoms with van der Waals surface area (Å²) < 4.78 is 1.82. The topological polar surface area (TPSA) is 42.7 Å². The van der Waals surface area contributed by atoms with Gasteiger partial charge in [0, 0.05) is 23.8 Å². The smallest absolute Gasteiger partial charge is 0.0692 e. The number of benzene rings is 1. The standard InChI is InChI=1S/C13H17ClN4/c1-11(10-12-2-4-13(14)5-3-12)15-6-8-18-9-7-16-17-18/h2-5,7,9,11,15H,6,8,10H2,1H3. The molecule has 18 heavy (non-hydrogen) atoms. The minimum atomic E-state index is 0.426. The molecule has 0 aliphatic heterocycles. The van der Waals surface area contributed by atoms with Crippen molar-refractivity contribution in [3.63, 3.8) is 0 Å². The lowest BCUT2D eigenvalue weighted by molar-refractivity contribution is 0.487. The molecule has 0 radical (unpaired) electrons.